The molecule has 0 spiro atoms. The number of hydrogen-bond acceptors (Lipinski definition) is 5. The molecule has 0 aliphatic carbocycles. The normalized spacial score (nSPS) is 10.2. The number of aromatic carboxylic acids is 1. The van der Waals surface area contributed by atoms with Gasteiger partial charge in [0.1, 0.15) is 5.01 Å². The molecule has 0 saturated carbocycles. The quantitative estimate of drug-likeness (QED) is 0.749. The number of carboxylic acids is 1. The fraction of sp³-hybridized carbons (Fsp3) is 0. The van der Waals surface area contributed by atoms with Gasteiger partial charge in [-0.25, -0.2) is 4.98 Å². The highest BCUT2D eigenvalue weighted by Gasteiger charge is 2.05. The highest BCUT2D eigenvalue weighted by atomic mass is 32.1. The molecule has 0 aromatic carbocycles. The second kappa shape index (κ2) is 3.27. The number of carboxylic acid groups (broad SMARTS) is 1. The van der Waals surface area contributed by atoms with E-state index in [1.165, 1.54) is 28.1 Å². The number of hydrogen-bond donors (Lipinski definition) is 0. The average molecular weight is 210 g/mol. The van der Waals surface area contributed by atoms with Gasteiger partial charge < -0.3 is 9.90 Å². The third-order valence-electron chi connectivity index (χ3n) is 1.45. The van der Waals surface area contributed by atoms with E-state index in [9.17, 15) is 9.90 Å². The third kappa shape index (κ3) is 1.61. The molecule has 0 bridgehead atoms. The molecule has 66 valence electrons. The van der Waals surface area contributed by atoms with Crippen LogP contribution in [0.15, 0.2) is 22.9 Å². The van der Waals surface area contributed by atoms with Crippen LogP contribution in [0.3, 0.4) is 0 Å². The van der Waals surface area contributed by atoms with Crippen molar-refractivity contribution in [3.05, 3.63) is 28.6 Å². The van der Waals surface area contributed by atoms with Gasteiger partial charge in [0.15, 0.2) is 0 Å². The molecule has 0 unspecified atom stereocenters. The molecule has 2 heterocycles. The van der Waals surface area contributed by atoms with E-state index in [-0.39, 0.29) is 5.69 Å². The van der Waals surface area contributed by atoms with Crippen LogP contribution in [0.25, 0.3) is 9.88 Å². The van der Waals surface area contributed by atoms with Crippen molar-refractivity contribution < 1.29 is 9.90 Å². The van der Waals surface area contributed by atoms with Crippen LogP contribution in [0, 0.1) is 0 Å². The molecule has 0 radical (unpaired) electrons. The van der Waals surface area contributed by atoms with Crippen LogP contribution in [0.1, 0.15) is 10.5 Å². The number of carbonyl (C=O) groups excluding carboxylic acids is 1. The predicted octanol–water partition coefficient (Wildman–Crippen LogP) is 1.24. The zero-order valence-corrected chi connectivity index (χ0v) is 8.02. The minimum absolute atomic E-state index is 0.00778. The fourth-order valence-corrected chi connectivity index (χ4v) is 2.48. The molecule has 13 heavy (non-hydrogen) atoms. The average Bonchev–Trinajstić information content (AvgIpc) is 2.75. The molecule has 2 aromatic heterocycles. The Morgan fingerprint density at radius 1 is 1.46 bits per heavy atom. The van der Waals surface area contributed by atoms with Crippen LogP contribution in [0.5, 0.6) is 0 Å². The van der Waals surface area contributed by atoms with Crippen molar-refractivity contribution in [2.24, 2.45) is 0 Å². The Labute approximate surface area is 82.3 Å². The second-order valence-corrected chi connectivity index (χ2v) is 4.11. The van der Waals surface area contributed by atoms with Crippen LogP contribution >= 0.6 is 22.7 Å². The number of thiophene rings is 1. The number of nitrogens with zero attached hydrogens (tertiary/aromatic N) is 1. The van der Waals surface area contributed by atoms with Gasteiger partial charge in [0.05, 0.1) is 16.5 Å². The Bertz CT molecular complexity index is 419. The van der Waals surface area contributed by atoms with Gasteiger partial charge in [-0.05, 0) is 11.4 Å². The first-order valence-electron chi connectivity index (χ1n) is 3.48. The van der Waals surface area contributed by atoms with Crippen molar-refractivity contribution in [1.29, 1.82) is 0 Å². The molecule has 0 saturated heterocycles. The maximum atomic E-state index is 10.4. The minimum Gasteiger partial charge on any atom is -0.543 e. The Morgan fingerprint density at radius 2 is 2.31 bits per heavy atom. The molecular formula is C8H4NO2S2-. The predicted molar refractivity (Wildman–Crippen MR) is 49.8 cm³/mol. The summed E-state index contributed by atoms with van der Waals surface area (Å²) in [6.07, 6.45) is 0. The fourth-order valence-electron chi connectivity index (χ4n) is 0.881. The van der Waals surface area contributed by atoms with Gasteiger partial charge in [0.25, 0.3) is 0 Å². The molecule has 0 amide bonds. The van der Waals surface area contributed by atoms with E-state index in [0.717, 1.165) is 9.88 Å². The lowest BCUT2D eigenvalue weighted by molar-refractivity contribution is -0.255. The number of aromatic nitrogens is 1. The van der Waals surface area contributed by atoms with Crippen LogP contribution < -0.4 is 5.11 Å². The van der Waals surface area contributed by atoms with Gasteiger partial charge in [-0.1, -0.05) is 6.07 Å². The van der Waals surface area contributed by atoms with Crippen LogP contribution in [0.2, 0.25) is 0 Å². The highest BCUT2D eigenvalue weighted by Crippen LogP contribution is 2.27. The van der Waals surface area contributed by atoms with Crippen LogP contribution in [-0.2, 0) is 0 Å². The number of carbonyl (C=O) groups is 1. The zero-order chi connectivity index (χ0) is 9.26. The SMILES string of the molecule is O=C([O-])c1csc(-c2cccs2)n1. The van der Waals surface area contributed by atoms with Gasteiger partial charge in [0, 0.05) is 5.38 Å². The van der Waals surface area contributed by atoms with Crippen molar-refractivity contribution in [2.75, 3.05) is 0 Å². The van der Waals surface area contributed by atoms with Crippen molar-refractivity contribution >= 4 is 28.6 Å². The van der Waals surface area contributed by atoms with Gasteiger partial charge in [-0.15, -0.1) is 22.7 Å². The summed E-state index contributed by atoms with van der Waals surface area (Å²) in [5, 5.41) is 14.6. The molecule has 0 fully saturated rings. The lowest BCUT2D eigenvalue weighted by Gasteiger charge is -1.92. The van der Waals surface area contributed by atoms with Crippen molar-refractivity contribution in [3.8, 4) is 9.88 Å². The summed E-state index contributed by atoms with van der Waals surface area (Å²) < 4.78 is 0. The lowest BCUT2D eigenvalue weighted by atomic mass is 10.5. The molecule has 2 rings (SSSR count). The Morgan fingerprint density at radius 3 is 2.85 bits per heavy atom. The molecule has 0 aliphatic rings. The van der Waals surface area contributed by atoms with E-state index in [1.807, 2.05) is 17.5 Å². The number of thiazole rings is 1. The summed E-state index contributed by atoms with van der Waals surface area (Å²) >= 11 is 2.85. The molecule has 0 aliphatic heterocycles. The molecule has 5 heteroatoms. The topological polar surface area (TPSA) is 53.0 Å². The summed E-state index contributed by atoms with van der Waals surface area (Å²) in [5.74, 6) is -1.22. The van der Waals surface area contributed by atoms with Crippen molar-refractivity contribution in [2.45, 2.75) is 0 Å². The maximum absolute atomic E-state index is 10.4. The van der Waals surface area contributed by atoms with E-state index in [2.05, 4.69) is 4.98 Å². The van der Waals surface area contributed by atoms with Crippen LogP contribution in [0.4, 0.5) is 0 Å². The summed E-state index contributed by atoms with van der Waals surface area (Å²) in [6, 6.07) is 3.81. The first-order chi connectivity index (χ1) is 6.27. The van der Waals surface area contributed by atoms with E-state index < -0.39 is 5.97 Å². The second-order valence-electron chi connectivity index (χ2n) is 2.30. The molecular weight excluding hydrogens is 206 g/mol. The highest BCUT2D eigenvalue weighted by molar-refractivity contribution is 7.20. The van der Waals surface area contributed by atoms with Gasteiger partial charge >= 0.3 is 0 Å². The van der Waals surface area contributed by atoms with Crippen molar-refractivity contribution in [3.63, 3.8) is 0 Å². The zero-order valence-electron chi connectivity index (χ0n) is 6.39. The standard InChI is InChI=1S/C8H5NO2S2/c10-8(11)5-4-13-7(9-5)6-2-1-3-12-6/h1-4H,(H,10,11)/p-1. The Kier molecular flexibility index (Phi) is 2.12. The minimum atomic E-state index is -1.22. The van der Waals surface area contributed by atoms with E-state index in [4.69, 9.17) is 0 Å². The first kappa shape index (κ1) is 8.40. The van der Waals surface area contributed by atoms with Gasteiger partial charge in [0.2, 0.25) is 0 Å². The summed E-state index contributed by atoms with van der Waals surface area (Å²) in [5.41, 5.74) is 0.00778. The monoisotopic (exact) mass is 210 g/mol. The summed E-state index contributed by atoms with van der Waals surface area (Å²) in [7, 11) is 0. The summed E-state index contributed by atoms with van der Waals surface area (Å²) in [4.78, 5) is 15.3. The van der Waals surface area contributed by atoms with Crippen molar-refractivity contribution in [1.82, 2.24) is 4.98 Å². The van der Waals surface area contributed by atoms with Gasteiger partial charge in [-0.2, -0.15) is 0 Å². The van der Waals surface area contributed by atoms with E-state index in [1.54, 1.807) is 0 Å². The maximum Gasteiger partial charge on any atom is 0.134 e. The van der Waals surface area contributed by atoms with Crippen LogP contribution in [-0.4, -0.2) is 11.0 Å². The molecule has 3 nitrogen and oxygen atoms in total. The number of rotatable bonds is 2. The molecule has 0 N–H and O–H groups in total. The smallest absolute Gasteiger partial charge is 0.134 e. The summed E-state index contributed by atoms with van der Waals surface area (Å²) in [6.45, 7) is 0. The van der Waals surface area contributed by atoms with E-state index >= 15 is 0 Å². The third-order valence-corrected chi connectivity index (χ3v) is 3.33. The molecule has 2 aromatic rings. The lowest BCUT2D eigenvalue weighted by Crippen LogP contribution is -2.22. The van der Waals surface area contributed by atoms with Gasteiger partial charge in [-0.3, -0.25) is 0 Å². The largest absolute Gasteiger partial charge is 0.543 e. The van der Waals surface area contributed by atoms with E-state index in [0.29, 0.717) is 0 Å². The Hall–Kier alpha value is -1.20. The first-order valence-corrected chi connectivity index (χ1v) is 5.24. The Balaban J connectivity index is 2.39. The molecule has 0 atom stereocenters.